The number of hydrogen-bond donors (Lipinski definition) is 3. The van der Waals surface area contributed by atoms with Crippen molar-refractivity contribution in [3.8, 4) is 11.5 Å². The van der Waals surface area contributed by atoms with Gasteiger partial charge in [-0.2, -0.15) is 0 Å². The lowest BCUT2D eigenvalue weighted by Crippen LogP contribution is -2.43. The first-order valence-electron chi connectivity index (χ1n) is 12.1. The lowest BCUT2D eigenvalue weighted by atomic mass is 9.83. The van der Waals surface area contributed by atoms with E-state index < -0.39 is 0 Å². The molecule has 0 aromatic heterocycles. The molecule has 0 saturated carbocycles. The Morgan fingerprint density at radius 2 is 2.00 bits per heavy atom. The fraction of sp³-hybridized carbons (Fsp3) is 0.500. The van der Waals surface area contributed by atoms with Crippen molar-refractivity contribution in [2.45, 2.75) is 56.8 Å². The number of amides is 1. The van der Waals surface area contributed by atoms with Crippen molar-refractivity contribution in [1.82, 2.24) is 15.8 Å². The molecule has 3 fully saturated rings. The third-order valence-corrected chi connectivity index (χ3v) is 7.08. The van der Waals surface area contributed by atoms with Crippen molar-refractivity contribution in [3.63, 3.8) is 0 Å². The Hall–Kier alpha value is -2.61. The van der Waals surface area contributed by atoms with Crippen LogP contribution in [-0.4, -0.2) is 47.8 Å². The summed E-state index contributed by atoms with van der Waals surface area (Å²) in [6.45, 7) is 4.16. The maximum Gasteiger partial charge on any atom is 0.242 e. The molecule has 176 valence electrons. The number of benzene rings is 2. The van der Waals surface area contributed by atoms with Gasteiger partial charge in [-0.25, -0.2) is 10.9 Å². The predicted molar refractivity (Wildman–Crippen MR) is 125 cm³/mol. The normalized spacial score (nSPS) is 28.9. The Kier molecular flexibility index (Phi) is 6.53. The zero-order valence-corrected chi connectivity index (χ0v) is 19.1. The largest absolute Gasteiger partial charge is 0.508 e. The van der Waals surface area contributed by atoms with Crippen molar-refractivity contribution in [1.29, 1.82) is 0 Å². The van der Waals surface area contributed by atoms with Gasteiger partial charge in [0.1, 0.15) is 17.5 Å². The van der Waals surface area contributed by atoms with Crippen molar-refractivity contribution in [3.05, 3.63) is 59.7 Å². The maximum absolute atomic E-state index is 13.6. The number of aromatic hydroxyl groups is 1. The van der Waals surface area contributed by atoms with E-state index in [0.29, 0.717) is 13.2 Å². The molecule has 5 atom stereocenters. The average molecular weight is 452 g/mol. The van der Waals surface area contributed by atoms with E-state index in [1.165, 1.54) is 0 Å². The second kappa shape index (κ2) is 9.71. The molecule has 3 aliphatic heterocycles. The number of phenols is 1. The standard InChI is InChI=1S/C26H33N3O4/c1-2-3-13-32-18-9-6-8-17(15-18)25-22-23(20-11-4-5-12-21(20)30)27-28-24(22)26(31)29(25)16-19-10-7-14-33-19/h4-6,8-9,11-12,15,19,22-25,27-28,30H,2-3,7,10,13-14,16H2,1H3. The maximum atomic E-state index is 13.6. The van der Waals surface area contributed by atoms with E-state index in [0.717, 1.165) is 49.2 Å². The minimum Gasteiger partial charge on any atom is -0.508 e. The van der Waals surface area contributed by atoms with E-state index in [4.69, 9.17) is 9.47 Å². The molecule has 33 heavy (non-hydrogen) atoms. The number of para-hydroxylation sites is 1. The highest BCUT2D eigenvalue weighted by molar-refractivity contribution is 5.86. The van der Waals surface area contributed by atoms with E-state index >= 15 is 0 Å². The molecule has 3 N–H and O–H groups in total. The van der Waals surface area contributed by atoms with Crippen LogP contribution >= 0.6 is 0 Å². The van der Waals surface area contributed by atoms with Crippen molar-refractivity contribution in [2.24, 2.45) is 5.92 Å². The van der Waals surface area contributed by atoms with Crippen LogP contribution in [-0.2, 0) is 9.53 Å². The predicted octanol–water partition coefficient (Wildman–Crippen LogP) is 3.47. The number of likely N-dealkylation sites (tertiary alicyclic amines) is 1. The molecule has 0 spiro atoms. The summed E-state index contributed by atoms with van der Waals surface area (Å²) in [5.41, 5.74) is 8.37. The number of hydrogen-bond acceptors (Lipinski definition) is 6. The third kappa shape index (κ3) is 4.33. The minimum absolute atomic E-state index is 0.0656. The number of carbonyl (C=O) groups excluding carboxylic acids is 1. The van der Waals surface area contributed by atoms with E-state index in [9.17, 15) is 9.90 Å². The molecule has 7 heteroatoms. The number of nitrogens with one attached hydrogen (secondary N) is 2. The smallest absolute Gasteiger partial charge is 0.242 e. The Morgan fingerprint density at radius 3 is 2.79 bits per heavy atom. The highest BCUT2D eigenvalue weighted by Gasteiger charge is 2.56. The Morgan fingerprint density at radius 1 is 1.15 bits per heavy atom. The number of ether oxygens (including phenoxy) is 2. The summed E-state index contributed by atoms with van der Waals surface area (Å²) in [7, 11) is 0. The van der Waals surface area contributed by atoms with E-state index in [2.05, 4.69) is 29.9 Å². The molecule has 2 aromatic carbocycles. The summed E-state index contributed by atoms with van der Waals surface area (Å²) in [4.78, 5) is 15.6. The monoisotopic (exact) mass is 451 g/mol. The molecular formula is C26H33N3O4. The van der Waals surface area contributed by atoms with Gasteiger partial charge in [0.25, 0.3) is 0 Å². The number of hydrazine groups is 1. The number of nitrogens with zero attached hydrogens (tertiary/aromatic N) is 1. The molecule has 7 nitrogen and oxygen atoms in total. The number of fused-ring (bicyclic) bond motifs is 1. The van der Waals surface area contributed by atoms with Gasteiger partial charge in [0.15, 0.2) is 0 Å². The second-order valence-electron chi connectivity index (χ2n) is 9.23. The zero-order valence-electron chi connectivity index (χ0n) is 19.1. The van der Waals surface area contributed by atoms with Gasteiger partial charge in [-0.1, -0.05) is 43.7 Å². The Labute approximate surface area is 195 Å². The summed E-state index contributed by atoms with van der Waals surface area (Å²) < 4.78 is 11.9. The molecule has 5 unspecified atom stereocenters. The first-order chi connectivity index (χ1) is 16.2. The first kappa shape index (κ1) is 22.2. The van der Waals surface area contributed by atoms with Crippen LogP contribution in [0.2, 0.25) is 0 Å². The lowest BCUT2D eigenvalue weighted by molar-refractivity contribution is -0.132. The van der Waals surface area contributed by atoms with Gasteiger partial charge in [0.05, 0.1) is 24.8 Å². The second-order valence-corrected chi connectivity index (χ2v) is 9.23. The number of phenolic OH excluding ortho intramolecular Hbond substituents is 1. The topological polar surface area (TPSA) is 83.1 Å². The van der Waals surface area contributed by atoms with Gasteiger partial charge >= 0.3 is 0 Å². The van der Waals surface area contributed by atoms with Crippen LogP contribution in [0.5, 0.6) is 11.5 Å². The molecule has 0 aliphatic carbocycles. The van der Waals surface area contributed by atoms with Crippen LogP contribution in [0.3, 0.4) is 0 Å². The summed E-state index contributed by atoms with van der Waals surface area (Å²) in [5.74, 6) is 1.05. The van der Waals surface area contributed by atoms with Gasteiger partial charge in [-0.15, -0.1) is 0 Å². The van der Waals surface area contributed by atoms with Crippen LogP contribution in [0.25, 0.3) is 0 Å². The molecule has 5 rings (SSSR count). The van der Waals surface area contributed by atoms with Gasteiger partial charge in [0.2, 0.25) is 5.91 Å². The molecule has 0 radical (unpaired) electrons. The van der Waals surface area contributed by atoms with Gasteiger partial charge in [0, 0.05) is 24.6 Å². The summed E-state index contributed by atoms with van der Waals surface area (Å²) in [5, 5.41) is 10.6. The average Bonchev–Trinajstić information content (AvgIpc) is 3.54. The first-order valence-corrected chi connectivity index (χ1v) is 12.1. The molecule has 3 aliphatic rings. The summed E-state index contributed by atoms with van der Waals surface area (Å²) in [6, 6.07) is 14.7. The number of carbonyl (C=O) groups is 1. The van der Waals surface area contributed by atoms with Crippen LogP contribution in [0.1, 0.15) is 55.8 Å². The molecular weight excluding hydrogens is 418 g/mol. The Bertz CT molecular complexity index is 978. The molecule has 3 heterocycles. The minimum atomic E-state index is -0.370. The molecule has 1 amide bonds. The van der Waals surface area contributed by atoms with E-state index in [-0.39, 0.29) is 41.8 Å². The fourth-order valence-electron chi connectivity index (χ4n) is 5.45. The molecule has 2 aromatic rings. The van der Waals surface area contributed by atoms with Crippen LogP contribution in [0.4, 0.5) is 0 Å². The quantitative estimate of drug-likeness (QED) is 0.533. The number of rotatable bonds is 8. The molecule has 0 bridgehead atoms. The molecule has 3 saturated heterocycles. The van der Waals surface area contributed by atoms with E-state index in [1.54, 1.807) is 6.07 Å². The van der Waals surface area contributed by atoms with Crippen LogP contribution < -0.4 is 15.6 Å². The Balaban J connectivity index is 1.50. The van der Waals surface area contributed by atoms with Crippen molar-refractivity contribution in [2.75, 3.05) is 19.8 Å². The van der Waals surface area contributed by atoms with Gasteiger partial charge < -0.3 is 19.5 Å². The van der Waals surface area contributed by atoms with Crippen molar-refractivity contribution < 1.29 is 19.4 Å². The van der Waals surface area contributed by atoms with Crippen molar-refractivity contribution >= 4 is 5.91 Å². The van der Waals surface area contributed by atoms with E-state index in [1.807, 2.05) is 35.2 Å². The van der Waals surface area contributed by atoms with Crippen LogP contribution in [0, 0.1) is 5.92 Å². The van der Waals surface area contributed by atoms with Crippen LogP contribution in [0.15, 0.2) is 48.5 Å². The summed E-state index contributed by atoms with van der Waals surface area (Å²) in [6.07, 6.45) is 4.16. The summed E-state index contributed by atoms with van der Waals surface area (Å²) >= 11 is 0. The third-order valence-electron chi connectivity index (χ3n) is 7.08. The fourth-order valence-corrected chi connectivity index (χ4v) is 5.45. The zero-order chi connectivity index (χ0) is 22.8. The van der Waals surface area contributed by atoms with Gasteiger partial charge in [-0.3, -0.25) is 4.79 Å². The lowest BCUT2D eigenvalue weighted by Gasteiger charge is -2.33. The highest BCUT2D eigenvalue weighted by Crippen LogP contribution is 2.49. The van der Waals surface area contributed by atoms with Gasteiger partial charge in [-0.05, 0) is 43.0 Å². The highest BCUT2D eigenvalue weighted by atomic mass is 16.5. The SMILES string of the molecule is CCCCOc1cccc(C2C3C(NNC3c3ccccc3O)C(=O)N2CC2CCCO2)c1. The number of unbranched alkanes of at least 4 members (excludes halogenated alkanes) is 1.